The van der Waals surface area contributed by atoms with Gasteiger partial charge < -0.3 is 19.2 Å². The van der Waals surface area contributed by atoms with Gasteiger partial charge in [0.25, 0.3) is 0 Å². The number of methoxy groups -OCH3 is 2. The first-order valence-corrected chi connectivity index (χ1v) is 7.53. The van der Waals surface area contributed by atoms with Gasteiger partial charge in [-0.05, 0) is 24.3 Å². The highest BCUT2D eigenvalue weighted by Crippen LogP contribution is 2.37. The third-order valence-corrected chi connectivity index (χ3v) is 4.06. The predicted molar refractivity (Wildman–Crippen MR) is 84.5 cm³/mol. The average molecular weight is 302 g/mol. The Morgan fingerprint density at radius 1 is 1.14 bits per heavy atom. The maximum Gasteiger partial charge on any atom is 0.127 e. The van der Waals surface area contributed by atoms with Gasteiger partial charge in [0.1, 0.15) is 17.3 Å². The van der Waals surface area contributed by atoms with Crippen molar-refractivity contribution in [3.63, 3.8) is 0 Å². The molecule has 0 aliphatic carbocycles. The van der Waals surface area contributed by atoms with Crippen molar-refractivity contribution in [2.75, 3.05) is 40.4 Å². The SMILES string of the molecule is COc1ccc(C(c2ccco2)N2CCNCC2)c(OC)c1. The minimum absolute atomic E-state index is 0.0537. The Bertz CT molecular complexity index is 592. The lowest BCUT2D eigenvalue weighted by molar-refractivity contribution is 0.177. The number of nitrogens with one attached hydrogen (secondary N) is 1. The number of hydrogen-bond donors (Lipinski definition) is 1. The minimum atomic E-state index is 0.0537. The maximum atomic E-state index is 5.71. The topological polar surface area (TPSA) is 46.9 Å². The Balaban J connectivity index is 2.01. The van der Waals surface area contributed by atoms with E-state index < -0.39 is 0 Å². The number of hydrogen-bond acceptors (Lipinski definition) is 5. The van der Waals surface area contributed by atoms with Crippen LogP contribution < -0.4 is 14.8 Å². The molecule has 0 radical (unpaired) electrons. The fourth-order valence-electron chi connectivity index (χ4n) is 2.96. The molecule has 1 unspecified atom stereocenters. The van der Waals surface area contributed by atoms with Gasteiger partial charge >= 0.3 is 0 Å². The third-order valence-electron chi connectivity index (χ3n) is 4.06. The Kier molecular flexibility index (Phi) is 4.65. The third kappa shape index (κ3) is 2.96. The molecule has 22 heavy (non-hydrogen) atoms. The quantitative estimate of drug-likeness (QED) is 0.918. The fraction of sp³-hybridized carbons (Fsp3) is 0.412. The summed E-state index contributed by atoms with van der Waals surface area (Å²) in [6.07, 6.45) is 1.72. The lowest BCUT2D eigenvalue weighted by atomic mass is 10.0. The summed E-state index contributed by atoms with van der Waals surface area (Å²) in [5, 5.41) is 3.39. The van der Waals surface area contributed by atoms with Crippen LogP contribution in [0.5, 0.6) is 11.5 Å². The van der Waals surface area contributed by atoms with E-state index in [1.165, 1.54) is 0 Å². The standard InChI is InChI=1S/C17H22N2O3/c1-20-13-5-6-14(16(12-13)21-2)17(15-4-3-11-22-15)19-9-7-18-8-10-19/h3-6,11-12,17-18H,7-10H2,1-2H3. The monoisotopic (exact) mass is 302 g/mol. The van der Waals surface area contributed by atoms with Crippen LogP contribution in [-0.4, -0.2) is 45.3 Å². The van der Waals surface area contributed by atoms with Gasteiger partial charge in [-0.1, -0.05) is 0 Å². The fourth-order valence-corrected chi connectivity index (χ4v) is 2.96. The molecule has 1 fully saturated rings. The zero-order chi connectivity index (χ0) is 15.4. The van der Waals surface area contributed by atoms with Gasteiger partial charge in [0.2, 0.25) is 0 Å². The van der Waals surface area contributed by atoms with Crippen molar-refractivity contribution >= 4 is 0 Å². The molecular weight excluding hydrogens is 280 g/mol. The van der Waals surface area contributed by atoms with E-state index in [0.29, 0.717) is 0 Å². The molecule has 5 nitrogen and oxygen atoms in total. The molecule has 1 aromatic carbocycles. The summed E-state index contributed by atoms with van der Waals surface area (Å²) < 4.78 is 16.6. The summed E-state index contributed by atoms with van der Waals surface area (Å²) in [5.74, 6) is 2.55. The molecule has 1 atom stereocenters. The van der Waals surface area contributed by atoms with E-state index >= 15 is 0 Å². The summed E-state index contributed by atoms with van der Waals surface area (Å²) in [7, 11) is 3.35. The maximum absolute atomic E-state index is 5.71. The second-order valence-electron chi connectivity index (χ2n) is 5.31. The molecule has 0 saturated carbocycles. The molecule has 5 heteroatoms. The van der Waals surface area contributed by atoms with Crippen molar-refractivity contribution in [1.29, 1.82) is 0 Å². The number of furan rings is 1. The smallest absolute Gasteiger partial charge is 0.127 e. The number of nitrogens with zero attached hydrogens (tertiary/aromatic N) is 1. The van der Waals surface area contributed by atoms with E-state index in [1.54, 1.807) is 20.5 Å². The van der Waals surface area contributed by atoms with Crippen LogP contribution in [0.4, 0.5) is 0 Å². The molecular formula is C17H22N2O3. The zero-order valence-corrected chi connectivity index (χ0v) is 13.0. The van der Waals surface area contributed by atoms with E-state index in [2.05, 4.69) is 16.3 Å². The number of rotatable bonds is 5. The highest BCUT2D eigenvalue weighted by Gasteiger charge is 2.28. The van der Waals surface area contributed by atoms with Crippen molar-refractivity contribution in [3.8, 4) is 11.5 Å². The first-order chi connectivity index (χ1) is 10.8. The van der Waals surface area contributed by atoms with E-state index in [0.717, 1.165) is 49.0 Å². The lowest BCUT2D eigenvalue weighted by Crippen LogP contribution is -2.45. The molecule has 0 spiro atoms. The van der Waals surface area contributed by atoms with Crippen molar-refractivity contribution in [3.05, 3.63) is 47.9 Å². The second kappa shape index (κ2) is 6.85. The van der Waals surface area contributed by atoms with Gasteiger partial charge in [0.15, 0.2) is 0 Å². The van der Waals surface area contributed by atoms with Gasteiger partial charge in [-0.25, -0.2) is 0 Å². The molecule has 1 aliphatic heterocycles. The molecule has 1 N–H and O–H groups in total. The molecule has 0 amide bonds. The highest BCUT2D eigenvalue weighted by molar-refractivity contribution is 5.45. The summed E-state index contributed by atoms with van der Waals surface area (Å²) in [6, 6.07) is 9.96. The van der Waals surface area contributed by atoms with Crippen LogP contribution >= 0.6 is 0 Å². The van der Waals surface area contributed by atoms with Gasteiger partial charge in [-0.2, -0.15) is 0 Å². The van der Waals surface area contributed by atoms with E-state index in [9.17, 15) is 0 Å². The Morgan fingerprint density at radius 2 is 1.95 bits per heavy atom. The molecule has 0 bridgehead atoms. The summed E-state index contributed by atoms with van der Waals surface area (Å²) >= 11 is 0. The largest absolute Gasteiger partial charge is 0.497 e. The van der Waals surface area contributed by atoms with Crippen LogP contribution in [0.25, 0.3) is 0 Å². The molecule has 1 saturated heterocycles. The number of piperazine rings is 1. The lowest BCUT2D eigenvalue weighted by Gasteiger charge is -2.34. The van der Waals surface area contributed by atoms with Gasteiger partial charge in [0, 0.05) is 37.8 Å². The van der Waals surface area contributed by atoms with Crippen LogP contribution in [-0.2, 0) is 0 Å². The molecule has 118 valence electrons. The summed E-state index contributed by atoms with van der Waals surface area (Å²) in [6.45, 7) is 3.91. The Hall–Kier alpha value is -1.98. The van der Waals surface area contributed by atoms with Crippen molar-refractivity contribution in [1.82, 2.24) is 10.2 Å². The van der Waals surface area contributed by atoms with Crippen LogP contribution in [0.15, 0.2) is 41.0 Å². The minimum Gasteiger partial charge on any atom is -0.497 e. The zero-order valence-electron chi connectivity index (χ0n) is 13.0. The summed E-state index contributed by atoms with van der Waals surface area (Å²) in [4.78, 5) is 2.42. The van der Waals surface area contributed by atoms with Crippen LogP contribution in [0, 0.1) is 0 Å². The normalized spacial score (nSPS) is 17.2. The first kappa shape index (κ1) is 14.9. The van der Waals surface area contributed by atoms with Crippen molar-refractivity contribution in [2.24, 2.45) is 0 Å². The Morgan fingerprint density at radius 3 is 2.59 bits per heavy atom. The van der Waals surface area contributed by atoms with Gasteiger partial charge in [-0.15, -0.1) is 0 Å². The first-order valence-electron chi connectivity index (χ1n) is 7.53. The Labute approximate surface area is 130 Å². The number of ether oxygens (including phenoxy) is 2. The molecule has 2 aromatic rings. The van der Waals surface area contributed by atoms with Gasteiger partial charge in [0.05, 0.1) is 26.5 Å². The van der Waals surface area contributed by atoms with E-state index in [4.69, 9.17) is 13.9 Å². The average Bonchev–Trinajstić information content (AvgIpc) is 3.10. The molecule has 1 aliphatic rings. The molecule has 2 heterocycles. The van der Waals surface area contributed by atoms with Crippen molar-refractivity contribution < 1.29 is 13.9 Å². The number of benzene rings is 1. The molecule has 3 rings (SSSR count). The van der Waals surface area contributed by atoms with Crippen LogP contribution in [0.2, 0.25) is 0 Å². The van der Waals surface area contributed by atoms with Crippen LogP contribution in [0.3, 0.4) is 0 Å². The van der Waals surface area contributed by atoms with Crippen molar-refractivity contribution in [2.45, 2.75) is 6.04 Å². The van der Waals surface area contributed by atoms with Gasteiger partial charge in [-0.3, -0.25) is 4.90 Å². The highest BCUT2D eigenvalue weighted by atomic mass is 16.5. The molecule has 1 aromatic heterocycles. The van der Waals surface area contributed by atoms with Crippen LogP contribution in [0.1, 0.15) is 17.4 Å². The predicted octanol–water partition coefficient (Wildman–Crippen LogP) is 2.29. The van der Waals surface area contributed by atoms with E-state index in [-0.39, 0.29) is 6.04 Å². The second-order valence-corrected chi connectivity index (χ2v) is 5.31. The summed E-state index contributed by atoms with van der Waals surface area (Å²) in [5.41, 5.74) is 1.10. The van der Waals surface area contributed by atoms with E-state index in [1.807, 2.05) is 24.3 Å².